The van der Waals surface area contributed by atoms with Crippen LogP contribution < -0.4 is 0 Å². The molecule has 2 saturated heterocycles. The number of amides is 2. The molecule has 2 fully saturated rings. The summed E-state index contributed by atoms with van der Waals surface area (Å²) in [6, 6.07) is 0. The highest BCUT2D eigenvalue weighted by atomic mass is 32.2. The van der Waals surface area contributed by atoms with Crippen molar-refractivity contribution in [2.24, 2.45) is 0 Å². The van der Waals surface area contributed by atoms with Crippen molar-refractivity contribution in [3.8, 4) is 0 Å². The van der Waals surface area contributed by atoms with E-state index in [2.05, 4.69) is 0 Å². The molecule has 2 heterocycles. The Labute approximate surface area is 232 Å². The zero-order valence-corrected chi connectivity index (χ0v) is 24.1. The Bertz CT molecular complexity index is 822. The molecular formula is C24H34N2O6S4. The van der Waals surface area contributed by atoms with Gasteiger partial charge in [0.25, 0.3) is 11.8 Å². The van der Waals surface area contributed by atoms with Gasteiger partial charge >= 0.3 is 11.9 Å². The van der Waals surface area contributed by atoms with E-state index in [1.807, 2.05) is 13.8 Å². The number of nitrogens with zero attached hydrogens (tertiary/aromatic N) is 2. The Morgan fingerprint density at radius 2 is 1.08 bits per heavy atom. The molecule has 0 aromatic carbocycles. The average molecular weight is 575 g/mol. The monoisotopic (exact) mass is 574 g/mol. The molecule has 2 rings (SSSR count). The maximum absolute atomic E-state index is 13.0. The standard InChI is InChI=1S/C24H34N2O6S4/c1-3-15-31-17(27)11-7-5-9-13-25-21(29)19(35-23(25)33)20-22(30)26(24(34)36-20)14-10-6-8-12-18(28)32-16-4-2/h3-16H2,1-2H3/b20-19+. The van der Waals surface area contributed by atoms with E-state index in [1.54, 1.807) is 0 Å². The number of carbonyl (C=O) groups is 4. The number of ether oxygens (including phenoxy) is 2. The van der Waals surface area contributed by atoms with Gasteiger partial charge in [-0.2, -0.15) is 0 Å². The molecule has 0 aromatic heterocycles. The van der Waals surface area contributed by atoms with Crippen LogP contribution >= 0.6 is 48.0 Å². The lowest BCUT2D eigenvalue weighted by Gasteiger charge is -2.14. The first-order valence-electron chi connectivity index (χ1n) is 12.4. The molecule has 8 nitrogen and oxygen atoms in total. The molecule has 12 heteroatoms. The third kappa shape index (κ3) is 9.42. The summed E-state index contributed by atoms with van der Waals surface area (Å²) in [4.78, 5) is 52.9. The highest BCUT2D eigenvalue weighted by Gasteiger charge is 2.41. The predicted octanol–water partition coefficient (Wildman–Crippen LogP) is 4.95. The van der Waals surface area contributed by atoms with E-state index in [1.165, 1.54) is 9.80 Å². The Balaban J connectivity index is 1.79. The molecule has 0 radical (unpaired) electrons. The fourth-order valence-corrected chi connectivity index (χ4v) is 6.24. The summed E-state index contributed by atoms with van der Waals surface area (Å²) in [6.45, 7) is 5.67. The first-order chi connectivity index (χ1) is 17.3. The summed E-state index contributed by atoms with van der Waals surface area (Å²) < 4.78 is 11.0. The lowest BCUT2D eigenvalue weighted by atomic mass is 10.2. The fourth-order valence-electron chi connectivity index (χ4n) is 3.46. The highest BCUT2D eigenvalue weighted by molar-refractivity contribution is 8.29. The molecular weight excluding hydrogens is 541 g/mol. The summed E-state index contributed by atoms with van der Waals surface area (Å²) in [5, 5.41) is 0. The number of esters is 2. The van der Waals surface area contributed by atoms with Gasteiger partial charge in [-0.3, -0.25) is 29.0 Å². The molecule has 0 aromatic rings. The fraction of sp³-hybridized carbons (Fsp3) is 0.667. The van der Waals surface area contributed by atoms with Gasteiger partial charge in [0, 0.05) is 25.9 Å². The number of hydrogen-bond acceptors (Lipinski definition) is 10. The topological polar surface area (TPSA) is 93.2 Å². The molecule has 2 aliphatic rings. The zero-order chi connectivity index (χ0) is 26.5. The van der Waals surface area contributed by atoms with Gasteiger partial charge in [0.05, 0.1) is 23.0 Å². The third-order valence-corrected chi connectivity index (χ3v) is 8.39. The van der Waals surface area contributed by atoms with Crippen molar-refractivity contribution in [3.63, 3.8) is 0 Å². The molecule has 0 atom stereocenters. The van der Waals surface area contributed by atoms with Crippen molar-refractivity contribution in [3.05, 3.63) is 9.81 Å². The molecule has 0 spiro atoms. The minimum absolute atomic E-state index is 0.195. The van der Waals surface area contributed by atoms with Gasteiger partial charge < -0.3 is 9.47 Å². The van der Waals surface area contributed by atoms with E-state index in [4.69, 9.17) is 33.9 Å². The van der Waals surface area contributed by atoms with Crippen LogP contribution in [0.25, 0.3) is 0 Å². The molecule has 0 N–H and O–H groups in total. The van der Waals surface area contributed by atoms with Crippen LogP contribution in [0, 0.1) is 0 Å². The van der Waals surface area contributed by atoms with E-state index in [-0.39, 0.29) is 23.8 Å². The number of rotatable bonds is 16. The summed E-state index contributed by atoms with van der Waals surface area (Å²) in [5.41, 5.74) is 0. The molecule has 2 aliphatic heterocycles. The number of carbonyl (C=O) groups excluding carboxylic acids is 4. The van der Waals surface area contributed by atoms with Gasteiger partial charge in [-0.25, -0.2) is 0 Å². The van der Waals surface area contributed by atoms with Crippen LogP contribution in [0.3, 0.4) is 0 Å². The van der Waals surface area contributed by atoms with Gasteiger partial charge in [-0.15, -0.1) is 0 Å². The molecule has 0 saturated carbocycles. The van der Waals surface area contributed by atoms with Crippen molar-refractivity contribution >= 4 is 80.4 Å². The maximum Gasteiger partial charge on any atom is 0.305 e. The summed E-state index contributed by atoms with van der Waals surface area (Å²) >= 11 is 13.1. The summed E-state index contributed by atoms with van der Waals surface area (Å²) in [5.74, 6) is -0.921. The Morgan fingerprint density at radius 1 is 0.694 bits per heavy atom. The van der Waals surface area contributed by atoms with Crippen LogP contribution in [0.4, 0.5) is 0 Å². The summed E-state index contributed by atoms with van der Waals surface area (Å²) in [7, 11) is 0. The van der Waals surface area contributed by atoms with Crippen LogP contribution in [-0.4, -0.2) is 68.5 Å². The maximum atomic E-state index is 13.0. The van der Waals surface area contributed by atoms with E-state index in [9.17, 15) is 19.2 Å². The van der Waals surface area contributed by atoms with E-state index in [0.717, 1.165) is 49.2 Å². The average Bonchev–Trinajstić information content (AvgIpc) is 3.29. The highest BCUT2D eigenvalue weighted by Crippen LogP contribution is 2.42. The Morgan fingerprint density at radius 3 is 1.44 bits per heavy atom. The number of unbranched alkanes of at least 4 members (excludes halogenated alkanes) is 4. The van der Waals surface area contributed by atoms with Gasteiger partial charge in [0.15, 0.2) is 0 Å². The number of thiocarbonyl (C=S) groups is 2. The molecule has 0 bridgehead atoms. The zero-order valence-electron chi connectivity index (χ0n) is 20.9. The van der Waals surface area contributed by atoms with Gasteiger partial charge in [-0.05, 0) is 38.5 Å². The lowest BCUT2D eigenvalue weighted by Crippen LogP contribution is -2.31. The van der Waals surface area contributed by atoms with E-state index in [0.29, 0.717) is 83.3 Å². The quantitative estimate of drug-likeness (QED) is 0.109. The minimum atomic E-state index is -0.265. The first kappa shape index (κ1) is 30.7. The van der Waals surface area contributed by atoms with Crippen molar-refractivity contribution in [1.82, 2.24) is 9.80 Å². The molecule has 2 amide bonds. The third-order valence-electron chi connectivity index (χ3n) is 5.36. The molecule has 0 unspecified atom stereocenters. The predicted molar refractivity (Wildman–Crippen MR) is 150 cm³/mol. The second kappa shape index (κ2) is 16.4. The van der Waals surface area contributed by atoms with Crippen molar-refractivity contribution in [1.29, 1.82) is 0 Å². The minimum Gasteiger partial charge on any atom is -0.466 e. The van der Waals surface area contributed by atoms with Crippen LogP contribution in [0.15, 0.2) is 9.81 Å². The normalized spacial score (nSPS) is 17.9. The van der Waals surface area contributed by atoms with E-state index < -0.39 is 0 Å². The lowest BCUT2D eigenvalue weighted by molar-refractivity contribution is -0.144. The Kier molecular flexibility index (Phi) is 14.0. The van der Waals surface area contributed by atoms with Crippen molar-refractivity contribution < 1.29 is 28.7 Å². The van der Waals surface area contributed by atoms with Crippen LogP contribution in [0.1, 0.15) is 78.1 Å². The number of thioether (sulfide) groups is 2. The van der Waals surface area contributed by atoms with Gasteiger partial charge in [0.1, 0.15) is 8.64 Å². The number of hydrogen-bond donors (Lipinski definition) is 0. The van der Waals surface area contributed by atoms with Gasteiger partial charge in [0.2, 0.25) is 0 Å². The van der Waals surface area contributed by atoms with Gasteiger partial charge in [-0.1, -0.05) is 74.6 Å². The summed E-state index contributed by atoms with van der Waals surface area (Å²) in [6.07, 6.45) is 6.66. The van der Waals surface area contributed by atoms with Crippen molar-refractivity contribution in [2.45, 2.75) is 78.1 Å². The molecule has 0 aliphatic carbocycles. The molecule has 36 heavy (non-hydrogen) atoms. The smallest absolute Gasteiger partial charge is 0.305 e. The Hall–Kier alpha value is -1.50. The van der Waals surface area contributed by atoms with Crippen LogP contribution in [0.5, 0.6) is 0 Å². The second-order valence-electron chi connectivity index (χ2n) is 8.37. The SMILES string of the molecule is CCCOC(=O)CCCCCN1C(=O)/C(=C2\SC(=S)N(CCCCCC(=O)OCCC)C2=O)SC1=S. The molecule has 200 valence electrons. The van der Waals surface area contributed by atoms with E-state index >= 15 is 0 Å². The van der Waals surface area contributed by atoms with Crippen LogP contribution in [0.2, 0.25) is 0 Å². The second-order valence-corrected chi connectivity index (χ2v) is 11.7. The van der Waals surface area contributed by atoms with Crippen molar-refractivity contribution in [2.75, 3.05) is 26.3 Å². The first-order valence-corrected chi connectivity index (χ1v) is 14.9. The largest absolute Gasteiger partial charge is 0.466 e. The van der Waals surface area contributed by atoms with Crippen LogP contribution in [-0.2, 0) is 28.7 Å².